The van der Waals surface area contributed by atoms with Gasteiger partial charge in [0.2, 0.25) is 0 Å². The molecule has 0 aromatic heterocycles. The summed E-state index contributed by atoms with van der Waals surface area (Å²) in [5.41, 5.74) is 0. The third-order valence-corrected chi connectivity index (χ3v) is 1.47. The fraction of sp³-hybridized carbons (Fsp3) is 1.00. The van der Waals surface area contributed by atoms with Gasteiger partial charge in [0.15, 0.2) is 0 Å². The Balaban J connectivity index is 0. The second kappa shape index (κ2) is 13.4. The number of nitrogens with one attached hydrogen (secondary N) is 1. The van der Waals surface area contributed by atoms with Gasteiger partial charge in [0.1, 0.15) is 6.23 Å². The van der Waals surface area contributed by atoms with Gasteiger partial charge in [-0.2, -0.15) is 0 Å². The van der Waals surface area contributed by atoms with E-state index in [-0.39, 0.29) is 6.23 Å². The summed E-state index contributed by atoms with van der Waals surface area (Å²) in [6, 6.07) is 0. The van der Waals surface area contributed by atoms with E-state index in [9.17, 15) is 0 Å². The molecule has 0 aliphatic rings. The largest absolute Gasteiger partial charge is 0.379 e. The van der Waals surface area contributed by atoms with Crippen molar-refractivity contribution in [3.8, 4) is 0 Å². The summed E-state index contributed by atoms with van der Waals surface area (Å²) in [5, 5.41) is 11.8. The number of hydrogen-bond donors (Lipinski definition) is 4. The molecule has 12 heavy (non-hydrogen) atoms. The maximum Gasteiger partial charge on any atom is 0.102 e. The minimum absolute atomic E-state index is 0.346. The van der Waals surface area contributed by atoms with Gasteiger partial charge < -0.3 is 5.11 Å². The molecule has 0 fully saturated rings. The molecule has 0 aliphatic carbocycles. The lowest BCUT2D eigenvalue weighted by atomic mass is 10.2. The zero-order valence-electron chi connectivity index (χ0n) is 8.21. The van der Waals surface area contributed by atoms with E-state index >= 15 is 0 Å². The van der Waals surface area contributed by atoms with Crippen LogP contribution in [0.1, 0.15) is 39.5 Å². The first-order valence-electron chi connectivity index (χ1n) is 4.52. The highest BCUT2D eigenvalue weighted by Crippen LogP contribution is 1.96. The molecule has 1 atom stereocenters. The van der Waals surface area contributed by atoms with Crippen molar-refractivity contribution in [2.45, 2.75) is 45.8 Å². The van der Waals surface area contributed by atoms with Crippen molar-refractivity contribution < 1.29 is 5.11 Å². The van der Waals surface area contributed by atoms with Gasteiger partial charge in [0.25, 0.3) is 0 Å². The van der Waals surface area contributed by atoms with Crippen LogP contribution in [0.2, 0.25) is 0 Å². The predicted molar refractivity (Wildman–Crippen MR) is 52.2 cm³/mol. The molecule has 0 saturated heterocycles. The summed E-state index contributed by atoms with van der Waals surface area (Å²) in [6.45, 7) is 4.89. The number of nitrogens with two attached hydrogens (primary N) is 2. The average molecular weight is 177 g/mol. The summed E-state index contributed by atoms with van der Waals surface area (Å²) in [6.07, 6.45) is 4.69. The predicted octanol–water partition coefficient (Wildman–Crippen LogP) is 0.313. The molecule has 0 bridgehead atoms. The Morgan fingerprint density at radius 2 is 1.83 bits per heavy atom. The van der Waals surface area contributed by atoms with Gasteiger partial charge in [0, 0.05) is 0 Å². The number of hydrazine groups is 1. The van der Waals surface area contributed by atoms with E-state index in [1.807, 2.05) is 0 Å². The molecule has 4 heteroatoms. The molecule has 0 rings (SSSR count). The monoisotopic (exact) mass is 177 g/mol. The SMILES string of the molecule is CCCCCCNC(C)O.NN. The van der Waals surface area contributed by atoms with Crippen molar-refractivity contribution in [3.05, 3.63) is 0 Å². The molecule has 0 radical (unpaired) electrons. The standard InChI is InChI=1S/C8H19NO.H4N2/c1-3-4-5-6-7-9-8(2)10;1-2/h8-10H,3-7H2,1-2H3;1-2H2. The fourth-order valence-electron chi connectivity index (χ4n) is 0.863. The molecule has 4 nitrogen and oxygen atoms in total. The van der Waals surface area contributed by atoms with Crippen molar-refractivity contribution in [2.24, 2.45) is 11.7 Å². The van der Waals surface area contributed by atoms with Gasteiger partial charge in [-0.1, -0.05) is 26.2 Å². The van der Waals surface area contributed by atoms with Crippen LogP contribution >= 0.6 is 0 Å². The van der Waals surface area contributed by atoms with Gasteiger partial charge in [0.05, 0.1) is 0 Å². The third kappa shape index (κ3) is 16.4. The zero-order valence-corrected chi connectivity index (χ0v) is 8.21. The molecule has 1 unspecified atom stereocenters. The Morgan fingerprint density at radius 1 is 1.25 bits per heavy atom. The van der Waals surface area contributed by atoms with E-state index in [1.165, 1.54) is 25.7 Å². The lowest BCUT2D eigenvalue weighted by molar-refractivity contribution is 0.156. The highest BCUT2D eigenvalue weighted by molar-refractivity contribution is 4.47. The number of rotatable bonds is 6. The molecular weight excluding hydrogens is 154 g/mol. The van der Waals surface area contributed by atoms with E-state index in [0.29, 0.717) is 0 Å². The summed E-state index contributed by atoms with van der Waals surface area (Å²) >= 11 is 0. The van der Waals surface area contributed by atoms with Crippen LogP contribution in [0.25, 0.3) is 0 Å². The van der Waals surface area contributed by atoms with Crippen molar-refractivity contribution in [2.75, 3.05) is 6.54 Å². The van der Waals surface area contributed by atoms with Crippen LogP contribution in [0.3, 0.4) is 0 Å². The second-order valence-corrected chi connectivity index (χ2v) is 2.69. The first-order valence-corrected chi connectivity index (χ1v) is 4.52. The first kappa shape index (κ1) is 14.4. The summed E-state index contributed by atoms with van der Waals surface area (Å²) in [5.74, 6) is 8.00. The van der Waals surface area contributed by atoms with Crippen LogP contribution in [-0.4, -0.2) is 17.9 Å². The number of aliphatic hydroxyl groups excluding tert-OH is 1. The minimum atomic E-state index is -0.346. The molecule has 0 aliphatic heterocycles. The third-order valence-electron chi connectivity index (χ3n) is 1.47. The van der Waals surface area contributed by atoms with Gasteiger partial charge >= 0.3 is 0 Å². The van der Waals surface area contributed by atoms with Crippen LogP contribution in [0, 0.1) is 0 Å². The Labute approximate surface area is 75.3 Å². The topological polar surface area (TPSA) is 84.3 Å². The van der Waals surface area contributed by atoms with E-state index in [1.54, 1.807) is 6.92 Å². The Morgan fingerprint density at radius 3 is 2.25 bits per heavy atom. The second-order valence-electron chi connectivity index (χ2n) is 2.69. The van der Waals surface area contributed by atoms with Gasteiger partial charge in [-0.25, -0.2) is 0 Å². The van der Waals surface area contributed by atoms with Crippen molar-refractivity contribution in [1.29, 1.82) is 0 Å². The molecular formula is C8H23N3O. The number of unbranched alkanes of at least 4 members (excludes halogenated alkanes) is 3. The molecule has 0 spiro atoms. The lowest BCUT2D eigenvalue weighted by Crippen LogP contribution is -2.26. The highest BCUT2D eigenvalue weighted by atomic mass is 16.3. The van der Waals surface area contributed by atoms with Crippen LogP contribution in [-0.2, 0) is 0 Å². The lowest BCUT2D eigenvalue weighted by Gasteiger charge is -2.05. The van der Waals surface area contributed by atoms with Gasteiger partial charge in [-0.05, 0) is 19.9 Å². The quantitative estimate of drug-likeness (QED) is 0.204. The molecule has 0 amide bonds. The summed E-state index contributed by atoms with van der Waals surface area (Å²) in [4.78, 5) is 0. The number of aliphatic hydroxyl groups is 1. The fourth-order valence-corrected chi connectivity index (χ4v) is 0.863. The zero-order chi connectivity index (χ0) is 9.82. The summed E-state index contributed by atoms with van der Waals surface area (Å²) < 4.78 is 0. The summed E-state index contributed by atoms with van der Waals surface area (Å²) in [7, 11) is 0. The highest BCUT2D eigenvalue weighted by Gasteiger charge is 1.91. The molecule has 76 valence electrons. The molecule has 0 aromatic rings. The first-order chi connectivity index (χ1) is 5.77. The number of hydrogen-bond acceptors (Lipinski definition) is 4. The van der Waals surface area contributed by atoms with Crippen LogP contribution in [0.4, 0.5) is 0 Å². The average Bonchev–Trinajstić information content (AvgIpc) is 2.07. The van der Waals surface area contributed by atoms with Crippen LogP contribution in [0.15, 0.2) is 0 Å². The van der Waals surface area contributed by atoms with E-state index in [4.69, 9.17) is 5.11 Å². The Bertz CT molecular complexity index is 69.3. The normalized spacial score (nSPS) is 11.8. The molecule has 6 N–H and O–H groups in total. The van der Waals surface area contributed by atoms with E-state index < -0.39 is 0 Å². The molecule has 0 heterocycles. The Kier molecular flexibility index (Phi) is 16.1. The maximum absolute atomic E-state index is 8.80. The van der Waals surface area contributed by atoms with Crippen molar-refractivity contribution >= 4 is 0 Å². The molecule has 0 aromatic carbocycles. The van der Waals surface area contributed by atoms with Gasteiger partial charge in [-0.3, -0.25) is 17.0 Å². The van der Waals surface area contributed by atoms with Crippen LogP contribution in [0.5, 0.6) is 0 Å². The molecule has 0 saturated carbocycles. The smallest absolute Gasteiger partial charge is 0.102 e. The van der Waals surface area contributed by atoms with Crippen LogP contribution < -0.4 is 17.0 Å². The Hall–Kier alpha value is -0.160. The van der Waals surface area contributed by atoms with E-state index in [2.05, 4.69) is 23.9 Å². The minimum Gasteiger partial charge on any atom is -0.379 e. The van der Waals surface area contributed by atoms with Gasteiger partial charge in [-0.15, -0.1) is 0 Å². The maximum atomic E-state index is 8.80. The van der Waals surface area contributed by atoms with Crippen molar-refractivity contribution in [1.82, 2.24) is 5.32 Å². The van der Waals surface area contributed by atoms with Crippen molar-refractivity contribution in [3.63, 3.8) is 0 Å². The van der Waals surface area contributed by atoms with E-state index in [0.717, 1.165) is 6.54 Å².